The number of carboxylic acid groups (broad SMARTS) is 3. The van der Waals surface area contributed by atoms with E-state index in [1.165, 1.54) is 55.8 Å². The number of aryl methyl sites for hydroxylation is 5. The molecule has 9 fully saturated rings. The average Bonchev–Trinajstić information content (AvgIpc) is 1.53. The lowest BCUT2D eigenvalue weighted by Gasteiger charge is -2.38. The Morgan fingerprint density at radius 1 is 0.410 bits per heavy atom. The summed E-state index contributed by atoms with van der Waals surface area (Å²) in [4.78, 5) is 71.3. The molecule has 12 aliphatic rings. The summed E-state index contributed by atoms with van der Waals surface area (Å²) in [6, 6.07) is 49.2. The number of anilines is 3. The molecule has 4 aromatic heterocycles. The number of nitrogens with zero attached hydrogens (tertiary/aromatic N) is 10. The molecular formula is C109H132N10O15. The Balaban J connectivity index is 0.000000129. The molecule has 9 aliphatic heterocycles. The number of pyridine rings is 4. The zero-order valence-electron chi connectivity index (χ0n) is 79.2. The van der Waals surface area contributed by atoms with Gasteiger partial charge in [-0.1, -0.05) is 78.9 Å². The molecule has 9 aromatic rings. The summed E-state index contributed by atoms with van der Waals surface area (Å²) in [7, 11) is 1.63. The lowest BCUT2D eigenvalue weighted by Crippen LogP contribution is -2.44. The first-order chi connectivity index (χ1) is 65.2. The van der Waals surface area contributed by atoms with Crippen LogP contribution in [0.4, 0.5) is 17.5 Å². The molecule has 5 aromatic carbocycles. The van der Waals surface area contributed by atoms with Gasteiger partial charge in [0.25, 0.3) is 0 Å². The molecule has 3 aliphatic carbocycles. The first-order valence-corrected chi connectivity index (χ1v) is 49.1. The van der Waals surface area contributed by atoms with Crippen molar-refractivity contribution in [2.24, 2.45) is 34.0 Å². The van der Waals surface area contributed by atoms with Crippen LogP contribution in [-0.4, -0.2) is 230 Å². The molecule has 3 saturated carbocycles. The summed E-state index contributed by atoms with van der Waals surface area (Å²) in [5.74, 6) is 3.04. The highest BCUT2D eigenvalue weighted by molar-refractivity contribution is 5.85. The van der Waals surface area contributed by atoms with Crippen LogP contribution < -0.4 is 28.9 Å². The normalized spacial score (nSPS) is 24.9. The number of carboxylic acids is 3. The van der Waals surface area contributed by atoms with Gasteiger partial charge >= 0.3 is 17.9 Å². The van der Waals surface area contributed by atoms with Crippen LogP contribution in [0.2, 0.25) is 0 Å². The molecule has 13 heterocycles. The maximum absolute atomic E-state index is 12.3. The topological polar surface area (TPSA) is 266 Å². The minimum atomic E-state index is -0.740. The van der Waals surface area contributed by atoms with Gasteiger partial charge < -0.3 is 72.7 Å². The van der Waals surface area contributed by atoms with Crippen molar-refractivity contribution in [2.75, 3.05) is 140 Å². The van der Waals surface area contributed by atoms with Crippen LogP contribution in [0.5, 0.6) is 17.2 Å². The van der Waals surface area contributed by atoms with Gasteiger partial charge in [0, 0.05) is 178 Å². The fourth-order valence-corrected chi connectivity index (χ4v) is 24.0. The van der Waals surface area contributed by atoms with E-state index < -0.39 is 34.2 Å². The van der Waals surface area contributed by atoms with Crippen LogP contribution in [0.25, 0.3) is 33.8 Å². The number of aliphatic carboxylic acids is 3. The number of fused-ring (bicyclic) bond motifs is 6. The van der Waals surface area contributed by atoms with Crippen LogP contribution in [0, 0.1) is 68.6 Å². The molecule has 134 heavy (non-hydrogen) atoms. The van der Waals surface area contributed by atoms with Crippen molar-refractivity contribution >= 4 is 35.4 Å². The van der Waals surface area contributed by atoms with Crippen molar-refractivity contribution in [1.29, 1.82) is 0 Å². The summed E-state index contributed by atoms with van der Waals surface area (Å²) in [6.07, 6.45) is 15.0. The number of para-hydroxylation sites is 3. The third kappa shape index (κ3) is 18.7. The second-order valence-electron chi connectivity index (χ2n) is 39.4. The van der Waals surface area contributed by atoms with Gasteiger partial charge in [-0.05, 0) is 271 Å². The van der Waals surface area contributed by atoms with E-state index in [1.807, 2.05) is 98.9 Å². The van der Waals surface area contributed by atoms with E-state index in [1.54, 1.807) is 7.11 Å². The number of carbonyl (C=O) groups is 3. The van der Waals surface area contributed by atoms with Crippen LogP contribution in [-0.2, 0) is 101 Å². The number of piperidine rings is 3. The predicted octanol–water partition coefficient (Wildman–Crippen LogP) is 16.1. The lowest BCUT2D eigenvalue weighted by molar-refractivity contribution is -0.145. The first-order valence-electron chi connectivity index (χ1n) is 49.1. The second kappa shape index (κ2) is 40.1. The lowest BCUT2D eigenvalue weighted by atomic mass is 9.91. The van der Waals surface area contributed by atoms with Gasteiger partial charge in [-0.3, -0.25) is 34.1 Å². The molecule has 21 rings (SSSR count). The van der Waals surface area contributed by atoms with Crippen LogP contribution in [0.3, 0.4) is 0 Å². The van der Waals surface area contributed by atoms with Gasteiger partial charge in [-0.25, -0.2) is 15.0 Å². The minimum absolute atomic E-state index is 0.128. The standard InChI is InChI=1S/2C37H45N3O5.C35H42N4O5/c2*1-4-43-23-33-37(36(41)42)19-28(37)20-40(33)34-10-6-9-32(38-34)30-8-5-7-24(2)35(30)45-22-26-17-25(3)31-21-39(14-11-27(31)18-26)29-12-15-44-16-13-29;1-23-5-3-6-28(30-7-4-8-32(37-30)39-20-26-18-35(26,34(40)41)31(39)22-42-2)33(23)44-21-24-17-25-9-13-38(14-10-29(25)36-19-24)27-11-15-43-16-12-27/h2*5-10,17-18,28-29,33H,4,11-16,19-23H2,1-3H3,(H,41,42);3-8,17,19,26-27,31H,9-16,18,20-22H2,1-2H3,(H,40,41)/t28-,33+,37+;28-,33-,37+;26-,31+,35+/m000/s1. The van der Waals surface area contributed by atoms with Crippen molar-refractivity contribution in [1.82, 2.24) is 34.6 Å². The van der Waals surface area contributed by atoms with Gasteiger partial charge in [0.2, 0.25) is 0 Å². The molecular weight excluding hydrogens is 1690 g/mol. The van der Waals surface area contributed by atoms with Crippen molar-refractivity contribution in [3.63, 3.8) is 0 Å². The smallest absolute Gasteiger partial charge is 0.312 e. The van der Waals surface area contributed by atoms with Gasteiger partial charge in [-0.15, -0.1) is 0 Å². The maximum atomic E-state index is 12.3. The number of hydrogen-bond acceptors (Lipinski definition) is 22. The molecule has 0 spiro atoms. The van der Waals surface area contributed by atoms with E-state index in [0.717, 1.165) is 234 Å². The van der Waals surface area contributed by atoms with Gasteiger partial charge in [0.1, 0.15) is 54.5 Å². The molecule has 0 amide bonds. The van der Waals surface area contributed by atoms with Crippen LogP contribution >= 0.6 is 0 Å². The summed E-state index contributed by atoms with van der Waals surface area (Å²) in [6.45, 7) is 31.9. The molecule has 3 N–H and O–H groups in total. The number of methoxy groups -OCH3 is 1. The Hall–Kier alpha value is -10.5. The Morgan fingerprint density at radius 3 is 1.13 bits per heavy atom. The second-order valence-corrected chi connectivity index (χ2v) is 39.4. The zero-order valence-corrected chi connectivity index (χ0v) is 79.2. The van der Waals surface area contributed by atoms with Crippen LogP contribution in [0.15, 0.2) is 146 Å². The van der Waals surface area contributed by atoms with Crippen molar-refractivity contribution in [3.05, 3.63) is 224 Å². The Morgan fingerprint density at radius 2 is 0.754 bits per heavy atom. The molecule has 0 bridgehead atoms. The van der Waals surface area contributed by atoms with E-state index in [2.05, 4.69) is 125 Å². The summed E-state index contributed by atoms with van der Waals surface area (Å²) >= 11 is 0. The van der Waals surface area contributed by atoms with Gasteiger partial charge in [-0.2, -0.15) is 0 Å². The van der Waals surface area contributed by atoms with Gasteiger partial charge in [0.15, 0.2) is 0 Å². The number of aromatic nitrogens is 4. The minimum Gasteiger partial charge on any atom is -0.488 e. The molecule has 6 saturated heterocycles. The van der Waals surface area contributed by atoms with E-state index in [9.17, 15) is 29.7 Å². The van der Waals surface area contributed by atoms with E-state index in [4.69, 9.17) is 62.6 Å². The third-order valence-corrected chi connectivity index (χ3v) is 31.7. The predicted molar refractivity (Wildman–Crippen MR) is 514 cm³/mol. The largest absolute Gasteiger partial charge is 0.488 e. The highest BCUT2D eigenvalue weighted by atomic mass is 16.5. The van der Waals surface area contributed by atoms with E-state index in [-0.39, 0.29) is 35.9 Å². The fraction of sp³-hybridized carbons (Fsp3) is 0.514. The number of hydrogen-bond donors (Lipinski definition) is 3. The highest BCUT2D eigenvalue weighted by Crippen LogP contribution is 2.65. The summed E-state index contributed by atoms with van der Waals surface area (Å²) < 4.78 is 53.6. The number of rotatable bonds is 29. The maximum Gasteiger partial charge on any atom is 0.312 e. The summed E-state index contributed by atoms with van der Waals surface area (Å²) in [5.41, 5.74) is 20.7. The van der Waals surface area contributed by atoms with E-state index >= 15 is 0 Å². The molecule has 25 nitrogen and oxygen atoms in total. The number of ether oxygens (including phenoxy) is 9. The van der Waals surface area contributed by atoms with Crippen molar-refractivity contribution < 1.29 is 72.3 Å². The van der Waals surface area contributed by atoms with E-state index in [0.29, 0.717) is 110 Å². The van der Waals surface area contributed by atoms with Crippen molar-refractivity contribution in [2.45, 2.75) is 201 Å². The molecule has 9 atom stereocenters. The molecule has 708 valence electrons. The molecule has 0 radical (unpaired) electrons. The highest BCUT2D eigenvalue weighted by Gasteiger charge is 2.73. The van der Waals surface area contributed by atoms with Crippen molar-refractivity contribution in [3.8, 4) is 51.0 Å². The van der Waals surface area contributed by atoms with Crippen LogP contribution in [0.1, 0.15) is 150 Å². The summed E-state index contributed by atoms with van der Waals surface area (Å²) in [5, 5.41) is 30.3. The Kier molecular flexibility index (Phi) is 27.7. The third-order valence-electron chi connectivity index (χ3n) is 31.7. The van der Waals surface area contributed by atoms with Gasteiger partial charge in [0.05, 0.1) is 71.3 Å². The Labute approximate surface area is 788 Å². The number of benzene rings is 5. The quantitative estimate of drug-likeness (QED) is 0.0393. The first kappa shape index (κ1) is 92.6. The SMILES string of the molecule is CCOC[C@@H]1N(c2cccc(-c3cccc(C)c3OCc3cc(C)c4c(c3)CCN(C3CCOCC3)C4)n2)C[C@@H]2C[C@@]21C(=O)O.CCOC[C@H]1N(c2cccc(-c3cccc(C)c3OCc3cc(C)c4c(c3)CCN(C3CCOCC3)C4)n2)C[C@@H]2C[C@@]21C(=O)O.COC[C@H]1N(c2cccc(-c3cccc(C)c3OCc3cnc4c(c3)CCN(C3CCOCC3)CC4)n2)C[C@@H]2C[C@@]21C(=O)O. The molecule has 0 unspecified atom stereocenters. The molecule has 25 heteroatoms. The zero-order chi connectivity index (χ0) is 92.5. The fourth-order valence-electron chi connectivity index (χ4n) is 24.0. The average molecular weight is 1820 g/mol. The Bertz CT molecular complexity index is 5530. The monoisotopic (exact) mass is 1820 g/mol.